The molecule has 0 saturated carbocycles. The molecule has 0 bridgehead atoms. The first kappa shape index (κ1) is 16.3. The van der Waals surface area contributed by atoms with Gasteiger partial charge < -0.3 is 14.8 Å². The molecule has 0 amide bonds. The average molecular weight is 292 g/mol. The van der Waals surface area contributed by atoms with Crippen molar-refractivity contribution >= 4 is 0 Å². The van der Waals surface area contributed by atoms with Crippen LogP contribution >= 0.6 is 0 Å². The van der Waals surface area contributed by atoms with Gasteiger partial charge in [0.05, 0.1) is 13.2 Å². The van der Waals surface area contributed by atoms with E-state index in [0.29, 0.717) is 0 Å². The molecule has 4 heteroatoms. The fourth-order valence-corrected chi connectivity index (χ4v) is 2.51. The summed E-state index contributed by atoms with van der Waals surface area (Å²) < 4.78 is 11.5. The first-order chi connectivity index (χ1) is 10.4. The molecule has 0 radical (unpaired) electrons. The molecular weight excluding hydrogens is 264 g/mol. The standard InChI is InChI=1S/C17H28N2O2/c1-2-16-6-3-4-7-17(16)21-14-5-13-20-15-12-19-10-8-18-9-11-19/h3-4,6-7,18H,2,5,8-15H2,1H3. The molecule has 1 heterocycles. The summed E-state index contributed by atoms with van der Waals surface area (Å²) in [6, 6.07) is 8.26. The van der Waals surface area contributed by atoms with Crippen LogP contribution in [0.1, 0.15) is 18.9 Å². The molecule has 0 atom stereocenters. The summed E-state index contributed by atoms with van der Waals surface area (Å²) in [6.07, 6.45) is 1.96. The highest BCUT2D eigenvalue weighted by molar-refractivity contribution is 5.33. The van der Waals surface area contributed by atoms with Gasteiger partial charge in [-0.05, 0) is 18.1 Å². The van der Waals surface area contributed by atoms with E-state index in [4.69, 9.17) is 9.47 Å². The highest BCUT2D eigenvalue weighted by Gasteiger charge is 2.08. The summed E-state index contributed by atoms with van der Waals surface area (Å²) in [5, 5.41) is 3.36. The molecule has 118 valence electrons. The molecule has 1 aliphatic rings. The van der Waals surface area contributed by atoms with Crippen molar-refractivity contribution in [3.05, 3.63) is 29.8 Å². The minimum atomic E-state index is 0.727. The lowest BCUT2D eigenvalue weighted by atomic mass is 10.1. The predicted octanol–water partition coefficient (Wildman–Crippen LogP) is 1.94. The summed E-state index contributed by atoms with van der Waals surface area (Å²) in [7, 11) is 0. The topological polar surface area (TPSA) is 33.7 Å². The maximum absolute atomic E-state index is 5.83. The Morgan fingerprint density at radius 3 is 2.71 bits per heavy atom. The van der Waals surface area contributed by atoms with Crippen LogP contribution in [0.4, 0.5) is 0 Å². The molecule has 0 unspecified atom stereocenters. The van der Waals surface area contributed by atoms with Crippen molar-refractivity contribution in [1.29, 1.82) is 0 Å². The molecule has 1 N–H and O–H groups in total. The second-order valence-electron chi connectivity index (χ2n) is 5.37. The molecule has 0 spiro atoms. The smallest absolute Gasteiger partial charge is 0.122 e. The molecule has 0 aromatic heterocycles. The SMILES string of the molecule is CCc1ccccc1OCCCOCCN1CCNCC1. The van der Waals surface area contributed by atoms with E-state index in [-0.39, 0.29) is 0 Å². The van der Waals surface area contributed by atoms with E-state index < -0.39 is 0 Å². The van der Waals surface area contributed by atoms with Gasteiger partial charge in [-0.2, -0.15) is 0 Å². The summed E-state index contributed by atoms with van der Waals surface area (Å²) in [5.41, 5.74) is 1.28. The van der Waals surface area contributed by atoms with Crippen LogP contribution in [-0.2, 0) is 11.2 Å². The Bertz CT molecular complexity index is 392. The van der Waals surface area contributed by atoms with Crippen molar-refractivity contribution in [2.75, 3.05) is 52.5 Å². The lowest BCUT2D eigenvalue weighted by Gasteiger charge is -2.26. The first-order valence-electron chi connectivity index (χ1n) is 8.11. The monoisotopic (exact) mass is 292 g/mol. The largest absolute Gasteiger partial charge is 0.493 e. The number of hydrogen-bond acceptors (Lipinski definition) is 4. The summed E-state index contributed by atoms with van der Waals surface area (Å²) >= 11 is 0. The molecule has 1 aromatic carbocycles. The van der Waals surface area contributed by atoms with Crippen LogP contribution in [0.3, 0.4) is 0 Å². The number of para-hydroxylation sites is 1. The van der Waals surface area contributed by atoms with E-state index in [1.165, 1.54) is 5.56 Å². The maximum Gasteiger partial charge on any atom is 0.122 e. The molecule has 0 aliphatic carbocycles. The van der Waals surface area contributed by atoms with E-state index >= 15 is 0 Å². The number of piperazine rings is 1. The average Bonchev–Trinajstić information content (AvgIpc) is 2.55. The van der Waals surface area contributed by atoms with Gasteiger partial charge >= 0.3 is 0 Å². The third kappa shape index (κ3) is 6.04. The van der Waals surface area contributed by atoms with Crippen molar-refractivity contribution in [1.82, 2.24) is 10.2 Å². The zero-order chi connectivity index (χ0) is 14.8. The van der Waals surface area contributed by atoms with Gasteiger partial charge in [0.25, 0.3) is 0 Å². The molecule has 1 aliphatic heterocycles. The Balaban J connectivity index is 1.50. The van der Waals surface area contributed by atoms with Gasteiger partial charge in [0.2, 0.25) is 0 Å². The summed E-state index contributed by atoms with van der Waals surface area (Å²) in [4.78, 5) is 2.45. The quantitative estimate of drug-likeness (QED) is 0.705. The number of hydrogen-bond donors (Lipinski definition) is 1. The van der Waals surface area contributed by atoms with Gasteiger partial charge in [0.1, 0.15) is 5.75 Å². The Hall–Kier alpha value is -1.10. The van der Waals surface area contributed by atoms with E-state index in [1.54, 1.807) is 0 Å². The first-order valence-corrected chi connectivity index (χ1v) is 8.11. The summed E-state index contributed by atoms with van der Waals surface area (Å²) in [5.74, 6) is 1.01. The Morgan fingerprint density at radius 1 is 1.10 bits per heavy atom. The van der Waals surface area contributed by atoms with Crippen molar-refractivity contribution in [2.24, 2.45) is 0 Å². The highest BCUT2D eigenvalue weighted by Crippen LogP contribution is 2.18. The minimum Gasteiger partial charge on any atom is -0.493 e. The van der Waals surface area contributed by atoms with Crippen molar-refractivity contribution < 1.29 is 9.47 Å². The van der Waals surface area contributed by atoms with Crippen LogP contribution in [0.25, 0.3) is 0 Å². The second-order valence-corrected chi connectivity index (χ2v) is 5.37. The van der Waals surface area contributed by atoms with Gasteiger partial charge in [0, 0.05) is 45.8 Å². The van der Waals surface area contributed by atoms with Crippen molar-refractivity contribution in [3.8, 4) is 5.75 Å². The van der Waals surface area contributed by atoms with Crippen LogP contribution < -0.4 is 10.1 Å². The third-order valence-corrected chi connectivity index (χ3v) is 3.81. The number of benzene rings is 1. The Kier molecular flexibility index (Phi) is 7.57. The minimum absolute atomic E-state index is 0.727. The molecule has 4 nitrogen and oxygen atoms in total. The van der Waals surface area contributed by atoms with Gasteiger partial charge in [0.15, 0.2) is 0 Å². The van der Waals surface area contributed by atoms with Crippen molar-refractivity contribution in [3.63, 3.8) is 0 Å². The van der Waals surface area contributed by atoms with Crippen molar-refractivity contribution in [2.45, 2.75) is 19.8 Å². The molecular formula is C17H28N2O2. The highest BCUT2D eigenvalue weighted by atomic mass is 16.5. The lowest BCUT2D eigenvalue weighted by molar-refractivity contribution is 0.0900. The van der Waals surface area contributed by atoms with E-state index in [2.05, 4.69) is 29.3 Å². The Labute approximate surface area is 128 Å². The van der Waals surface area contributed by atoms with Crippen LogP contribution in [0.5, 0.6) is 5.75 Å². The van der Waals surface area contributed by atoms with Crippen LogP contribution in [-0.4, -0.2) is 57.4 Å². The summed E-state index contributed by atoms with van der Waals surface area (Å²) in [6.45, 7) is 10.0. The number of nitrogens with zero attached hydrogens (tertiary/aromatic N) is 1. The molecule has 1 aromatic rings. The third-order valence-electron chi connectivity index (χ3n) is 3.81. The molecule has 1 fully saturated rings. The number of aryl methyl sites for hydroxylation is 1. The van der Waals surface area contributed by atoms with E-state index in [1.807, 2.05) is 12.1 Å². The van der Waals surface area contributed by atoms with Crippen LogP contribution in [0.2, 0.25) is 0 Å². The van der Waals surface area contributed by atoms with E-state index in [0.717, 1.165) is 71.1 Å². The zero-order valence-electron chi connectivity index (χ0n) is 13.1. The molecule has 2 rings (SSSR count). The van der Waals surface area contributed by atoms with Crippen LogP contribution in [0, 0.1) is 0 Å². The van der Waals surface area contributed by atoms with Gasteiger partial charge in [-0.3, -0.25) is 4.90 Å². The fraction of sp³-hybridized carbons (Fsp3) is 0.647. The lowest BCUT2D eigenvalue weighted by Crippen LogP contribution is -2.44. The Morgan fingerprint density at radius 2 is 1.90 bits per heavy atom. The van der Waals surface area contributed by atoms with E-state index in [9.17, 15) is 0 Å². The number of nitrogens with one attached hydrogen (secondary N) is 1. The number of rotatable bonds is 9. The normalized spacial score (nSPS) is 16.0. The number of ether oxygens (including phenoxy) is 2. The predicted molar refractivity (Wildman–Crippen MR) is 86.1 cm³/mol. The van der Waals surface area contributed by atoms with Crippen LogP contribution in [0.15, 0.2) is 24.3 Å². The van der Waals surface area contributed by atoms with Gasteiger partial charge in [-0.1, -0.05) is 25.1 Å². The van der Waals surface area contributed by atoms with Gasteiger partial charge in [-0.25, -0.2) is 0 Å². The molecule has 21 heavy (non-hydrogen) atoms. The zero-order valence-corrected chi connectivity index (χ0v) is 13.1. The van der Waals surface area contributed by atoms with Gasteiger partial charge in [-0.15, -0.1) is 0 Å². The second kappa shape index (κ2) is 9.77. The molecule has 1 saturated heterocycles. The maximum atomic E-state index is 5.83. The fourth-order valence-electron chi connectivity index (χ4n) is 2.51.